The van der Waals surface area contributed by atoms with Gasteiger partial charge in [-0.1, -0.05) is 0 Å². The highest BCUT2D eigenvalue weighted by atomic mass is 16.1. The maximum absolute atomic E-state index is 12.2. The van der Waals surface area contributed by atoms with Gasteiger partial charge in [0.05, 0.1) is 5.56 Å². The van der Waals surface area contributed by atoms with Gasteiger partial charge in [-0.15, -0.1) is 0 Å². The predicted octanol–water partition coefficient (Wildman–Crippen LogP) is 1.24. The number of piperidine rings is 1. The molecule has 1 fully saturated rings. The number of pyridine rings is 1. The van der Waals surface area contributed by atoms with Crippen LogP contribution in [0.1, 0.15) is 40.6 Å². The molecule has 22 heavy (non-hydrogen) atoms. The van der Waals surface area contributed by atoms with Gasteiger partial charge in [0.25, 0.3) is 5.91 Å². The molecule has 116 valence electrons. The molecule has 2 aromatic heterocycles. The van der Waals surface area contributed by atoms with Crippen molar-refractivity contribution in [3.63, 3.8) is 0 Å². The quantitative estimate of drug-likeness (QED) is 0.891. The molecule has 3 heterocycles. The first-order valence-electron chi connectivity index (χ1n) is 7.49. The molecule has 7 nitrogen and oxygen atoms in total. The number of carbonyl (C=O) groups is 1. The number of nitrogens with zero attached hydrogens (tertiary/aromatic N) is 4. The smallest absolute Gasteiger partial charge is 0.259 e. The lowest BCUT2D eigenvalue weighted by atomic mass is 9.98. The summed E-state index contributed by atoms with van der Waals surface area (Å²) < 4.78 is 1.62. The number of hydrogen-bond donors (Lipinski definition) is 2. The van der Waals surface area contributed by atoms with Gasteiger partial charge in [-0.3, -0.25) is 15.1 Å². The van der Waals surface area contributed by atoms with Crippen LogP contribution >= 0.6 is 0 Å². The number of amides is 1. The Kier molecular flexibility index (Phi) is 4.15. The Morgan fingerprint density at radius 3 is 2.82 bits per heavy atom. The average molecular weight is 300 g/mol. The Labute approximate surface area is 129 Å². The first-order valence-corrected chi connectivity index (χ1v) is 7.49. The topological polar surface area (TPSA) is 84.7 Å². The number of aryl methyl sites for hydroxylation is 2. The third-order valence-corrected chi connectivity index (χ3v) is 3.88. The lowest BCUT2D eigenvalue weighted by Gasteiger charge is -2.19. The van der Waals surface area contributed by atoms with Crippen molar-refractivity contribution in [2.45, 2.75) is 25.7 Å². The van der Waals surface area contributed by atoms with Crippen LogP contribution in [0.4, 0.5) is 5.95 Å². The average Bonchev–Trinajstić information content (AvgIpc) is 2.90. The van der Waals surface area contributed by atoms with Gasteiger partial charge >= 0.3 is 0 Å². The molecule has 3 rings (SSSR count). The molecule has 0 saturated carbocycles. The molecule has 0 aromatic carbocycles. The maximum Gasteiger partial charge on any atom is 0.259 e. The van der Waals surface area contributed by atoms with Crippen molar-refractivity contribution in [3.8, 4) is 0 Å². The summed E-state index contributed by atoms with van der Waals surface area (Å²) in [5.41, 5.74) is 1.39. The van der Waals surface area contributed by atoms with E-state index < -0.39 is 0 Å². The lowest BCUT2D eigenvalue weighted by molar-refractivity contribution is 0.102. The third-order valence-electron chi connectivity index (χ3n) is 3.88. The summed E-state index contributed by atoms with van der Waals surface area (Å²) in [5.74, 6) is 1.42. The van der Waals surface area contributed by atoms with E-state index >= 15 is 0 Å². The van der Waals surface area contributed by atoms with Gasteiger partial charge in [-0.2, -0.15) is 10.1 Å². The van der Waals surface area contributed by atoms with Gasteiger partial charge < -0.3 is 5.32 Å². The zero-order valence-electron chi connectivity index (χ0n) is 12.8. The highest BCUT2D eigenvalue weighted by Crippen LogP contribution is 2.23. The Morgan fingerprint density at radius 2 is 2.14 bits per heavy atom. The molecule has 0 bridgehead atoms. The Hall–Kier alpha value is -2.28. The van der Waals surface area contributed by atoms with E-state index in [2.05, 4.69) is 25.7 Å². The summed E-state index contributed by atoms with van der Waals surface area (Å²) in [6, 6.07) is 3.56. The normalized spacial score (nSPS) is 15.7. The van der Waals surface area contributed by atoms with Gasteiger partial charge in [-0.05, 0) is 45.0 Å². The zero-order chi connectivity index (χ0) is 15.5. The molecule has 0 spiro atoms. The van der Waals surface area contributed by atoms with Crippen LogP contribution in [0.25, 0.3) is 0 Å². The van der Waals surface area contributed by atoms with Crippen LogP contribution < -0.4 is 10.6 Å². The summed E-state index contributed by atoms with van der Waals surface area (Å²) >= 11 is 0. The van der Waals surface area contributed by atoms with Crippen molar-refractivity contribution in [2.75, 3.05) is 18.4 Å². The van der Waals surface area contributed by atoms with Crippen LogP contribution in [0.3, 0.4) is 0 Å². The van der Waals surface area contributed by atoms with E-state index in [1.165, 1.54) is 0 Å². The molecule has 1 aliphatic heterocycles. The van der Waals surface area contributed by atoms with Crippen molar-refractivity contribution < 1.29 is 4.79 Å². The molecular formula is C15H20N6O. The van der Waals surface area contributed by atoms with Gasteiger partial charge in [0.1, 0.15) is 0 Å². The number of anilines is 1. The summed E-state index contributed by atoms with van der Waals surface area (Å²) in [7, 11) is 1.79. The fourth-order valence-electron chi connectivity index (χ4n) is 2.54. The SMILES string of the molecule is Cc1ccc(C(=O)Nc2nc(C3CCNCC3)nn2C)cn1. The highest BCUT2D eigenvalue weighted by Gasteiger charge is 2.21. The molecular weight excluding hydrogens is 280 g/mol. The van der Waals surface area contributed by atoms with Gasteiger partial charge in [0.15, 0.2) is 5.82 Å². The summed E-state index contributed by atoms with van der Waals surface area (Å²) in [6.45, 7) is 3.86. The molecule has 1 amide bonds. The highest BCUT2D eigenvalue weighted by molar-refractivity contribution is 6.03. The molecule has 0 unspecified atom stereocenters. The summed E-state index contributed by atoms with van der Waals surface area (Å²) in [5, 5.41) is 10.6. The second-order valence-electron chi connectivity index (χ2n) is 5.58. The Balaban J connectivity index is 1.73. The Bertz CT molecular complexity index is 657. The van der Waals surface area contributed by atoms with Crippen LogP contribution in [-0.4, -0.2) is 38.7 Å². The number of nitrogens with one attached hydrogen (secondary N) is 2. The van der Waals surface area contributed by atoms with Crippen LogP contribution in [-0.2, 0) is 7.05 Å². The second-order valence-corrected chi connectivity index (χ2v) is 5.58. The molecule has 0 radical (unpaired) electrons. The van der Waals surface area contributed by atoms with E-state index in [4.69, 9.17) is 0 Å². The van der Waals surface area contributed by atoms with E-state index in [-0.39, 0.29) is 5.91 Å². The van der Waals surface area contributed by atoms with Crippen molar-refractivity contribution in [1.29, 1.82) is 0 Å². The first-order chi connectivity index (χ1) is 10.6. The van der Waals surface area contributed by atoms with Crippen LogP contribution in [0.2, 0.25) is 0 Å². The van der Waals surface area contributed by atoms with Crippen molar-refractivity contribution >= 4 is 11.9 Å². The fraction of sp³-hybridized carbons (Fsp3) is 0.467. The first kappa shape index (κ1) is 14.6. The fourth-order valence-corrected chi connectivity index (χ4v) is 2.54. The van der Waals surface area contributed by atoms with Gasteiger partial charge in [-0.25, -0.2) is 4.68 Å². The molecule has 1 saturated heterocycles. The third kappa shape index (κ3) is 3.14. The molecule has 1 aliphatic rings. The maximum atomic E-state index is 12.2. The number of rotatable bonds is 3. The lowest BCUT2D eigenvalue weighted by Crippen LogP contribution is -2.27. The standard InChI is InChI=1S/C15H20N6O/c1-10-3-4-12(9-17-10)14(22)19-15-18-13(20-21(15)2)11-5-7-16-8-6-11/h3-4,9,11,16H,5-8H2,1-2H3,(H,18,19,20,22). The number of aromatic nitrogens is 4. The van der Waals surface area contributed by atoms with E-state index in [1.54, 1.807) is 24.0 Å². The van der Waals surface area contributed by atoms with E-state index in [1.807, 2.05) is 13.0 Å². The molecule has 0 atom stereocenters. The number of carbonyl (C=O) groups excluding carboxylic acids is 1. The minimum atomic E-state index is -0.222. The van der Waals surface area contributed by atoms with E-state index in [0.717, 1.165) is 37.4 Å². The van der Waals surface area contributed by atoms with Crippen LogP contribution in [0, 0.1) is 6.92 Å². The molecule has 2 N–H and O–H groups in total. The van der Waals surface area contributed by atoms with E-state index in [9.17, 15) is 4.79 Å². The molecule has 2 aromatic rings. The van der Waals surface area contributed by atoms with Crippen LogP contribution in [0.15, 0.2) is 18.3 Å². The van der Waals surface area contributed by atoms with Crippen molar-refractivity contribution in [1.82, 2.24) is 25.1 Å². The number of hydrogen-bond acceptors (Lipinski definition) is 5. The molecule has 0 aliphatic carbocycles. The van der Waals surface area contributed by atoms with Crippen LogP contribution in [0.5, 0.6) is 0 Å². The Morgan fingerprint density at radius 1 is 1.36 bits per heavy atom. The van der Waals surface area contributed by atoms with Crippen molar-refractivity contribution in [3.05, 3.63) is 35.4 Å². The van der Waals surface area contributed by atoms with Gasteiger partial charge in [0.2, 0.25) is 5.95 Å². The molecule has 7 heteroatoms. The second kappa shape index (κ2) is 6.23. The minimum absolute atomic E-state index is 0.222. The largest absolute Gasteiger partial charge is 0.317 e. The van der Waals surface area contributed by atoms with Crippen molar-refractivity contribution in [2.24, 2.45) is 7.05 Å². The summed E-state index contributed by atoms with van der Waals surface area (Å²) in [4.78, 5) is 20.8. The monoisotopic (exact) mass is 300 g/mol. The van der Waals surface area contributed by atoms with Gasteiger partial charge in [0, 0.05) is 24.9 Å². The minimum Gasteiger partial charge on any atom is -0.317 e. The zero-order valence-corrected chi connectivity index (χ0v) is 12.8. The van der Waals surface area contributed by atoms with E-state index in [0.29, 0.717) is 17.4 Å². The summed E-state index contributed by atoms with van der Waals surface area (Å²) in [6.07, 6.45) is 3.62. The predicted molar refractivity (Wildman–Crippen MR) is 82.8 cm³/mol.